The molecule has 1 aromatic heterocycles. The summed E-state index contributed by atoms with van der Waals surface area (Å²) in [5, 5.41) is 3.32. The topological polar surface area (TPSA) is 21.3 Å². The molecular formula is C14H16ClNOS. The SMILES string of the molecule is Cc1ccc(OCCNCc2ccc(Cl)s2)cc1. The average Bonchev–Trinajstić information content (AvgIpc) is 2.77. The summed E-state index contributed by atoms with van der Waals surface area (Å²) in [6.45, 7) is 4.40. The molecule has 2 nitrogen and oxygen atoms in total. The number of ether oxygens (including phenoxy) is 1. The highest BCUT2D eigenvalue weighted by Gasteiger charge is 1.97. The van der Waals surface area contributed by atoms with E-state index in [0.29, 0.717) is 6.61 Å². The van der Waals surface area contributed by atoms with Gasteiger partial charge in [-0.3, -0.25) is 0 Å². The van der Waals surface area contributed by atoms with E-state index in [1.807, 2.05) is 24.3 Å². The fourth-order valence-corrected chi connectivity index (χ4v) is 2.59. The summed E-state index contributed by atoms with van der Waals surface area (Å²) in [4.78, 5) is 1.25. The molecule has 0 saturated heterocycles. The maximum absolute atomic E-state index is 5.86. The highest BCUT2D eigenvalue weighted by atomic mass is 35.5. The molecule has 0 spiro atoms. The molecule has 4 heteroatoms. The van der Waals surface area contributed by atoms with Crippen molar-refractivity contribution in [3.05, 3.63) is 51.2 Å². The highest BCUT2D eigenvalue weighted by Crippen LogP contribution is 2.20. The minimum absolute atomic E-state index is 0.669. The van der Waals surface area contributed by atoms with Crippen molar-refractivity contribution in [2.24, 2.45) is 0 Å². The van der Waals surface area contributed by atoms with E-state index in [9.17, 15) is 0 Å². The van der Waals surface area contributed by atoms with Gasteiger partial charge in [-0.25, -0.2) is 0 Å². The van der Waals surface area contributed by atoms with Crippen molar-refractivity contribution in [3.63, 3.8) is 0 Å². The predicted molar refractivity (Wildman–Crippen MR) is 77.7 cm³/mol. The monoisotopic (exact) mass is 281 g/mol. The molecule has 0 aliphatic heterocycles. The first kappa shape index (κ1) is 13.4. The zero-order chi connectivity index (χ0) is 12.8. The van der Waals surface area contributed by atoms with Gasteiger partial charge in [0.05, 0.1) is 4.34 Å². The molecule has 1 aromatic carbocycles. The Kier molecular flexibility index (Phi) is 5.05. The van der Waals surface area contributed by atoms with Gasteiger partial charge in [0.2, 0.25) is 0 Å². The van der Waals surface area contributed by atoms with E-state index in [0.717, 1.165) is 23.2 Å². The Morgan fingerprint density at radius 1 is 1.17 bits per heavy atom. The summed E-state index contributed by atoms with van der Waals surface area (Å²) in [6, 6.07) is 12.1. The number of benzene rings is 1. The second-order valence-corrected chi connectivity index (χ2v) is 5.84. The van der Waals surface area contributed by atoms with Gasteiger partial charge in [-0.05, 0) is 31.2 Å². The van der Waals surface area contributed by atoms with Crippen molar-refractivity contribution in [1.29, 1.82) is 0 Å². The minimum Gasteiger partial charge on any atom is -0.492 e. The van der Waals surface area contributed by atoms with Gasteiger partial charge in [-0.1, -0.05) is 29.3 Å². The van der Waals surface area contributed by atoms with Crippen LogP contribution in [0.25, 0.3) is 0 Å². The molecule has 0 aliphatic rings. The van der Waals surface area contributed by atoms with Crippen LogP contribution < -0.4 is 10.1 Å². The molecule has 96 valence electrons. The molecule has 0 bridgehead atoms. The van der Waals surface area contributed by atoms with Gasteiger partial charge in [-0.15, -0.1) is 11.3 Å². The lowest BCUT2D eigenvalue weighted by Crippen LogP contribution is -2.20. The van der Waals surface area contributed by atoms with Crippen LogP contribution in [0.3, 0.4) is 0 Å². The number of aryl methyl sites for hydroxylation is 1. The van der Waals surface area contributed by atoms with E-state index in [2.05, 4.69) is 24.4 Å². The Balaban J connectivity index is 1.63. The Labute approximate surface area is 117 Å². The Morgan fingerprint density at radius 3 is 2.61 bits per heavy atom. The van der Waals surface area contributed by atoms with Gasteiger partial charge >= 0.3 is 0 Å². The molecule has 1 heterocycles. The highest BCUT2D eigenvalue weighted by molar-refractivity contribution is 7.16. The quantitative estimate of drug-likeness (QED) is 0.812. The number of hydrogen-bond donors (Lipinski definition) is 1. The standard InChI is InChI=1S/C14H16ClNOS/c1-11-2-4-12(5-3-11)17-9-8-16-10-13-6-7-14(15)18-13/h2-7,16H,8-10H2,1H3. The normalized spacial score (nSPS) is 10.6. The van der Waals surface area contributed by atoms with E-state index in [1.54, 1.807) is 11.3 Å². The second-order valence-electron chi connectivity index (χ2n) is 4.04. The Bertz CT molecular complexity index is 481. The summed E-state index contributed by atoms with van der Waals surface area (Å²) in [7, 11) is 0. The zero-order valence-corrected chi connectivity index (χ0v) is 11.9. The number of nitrogens with one attached hydrogen (secondary N) is 1. The van der Waals surface area contributed by atoms with Crippen LogP contribution in [0, 0.1) is 6.92 Å². The Morgan fingerprint density at radius 2 is 1.94 bits per heavy atom. The maximum atomic E-state index is 5.86. The first-order valence-corrected chi connectivity index (χ1v) is 7.08. The third kappa shape index (κ3) is 4.33. The number of rotatable bonds is 6. The van der Waals surface area contributed by atoms with Gasteiger partial charge in [0, 0.05) is 18.0 Å². The number of thiophene rings is 1. The molecule has 2 aromatic rings. The average molecular weight is 282 g/mol. The predicted octanol–water partition coefficient (Wildman–Crippen LogP) is 3.88. The zero-order valence-electron chi connectivity index (χ0n) is 10.3. The molecule has 18 heavy (non-hydrogen) atoms. The second kappa shape index (κ2) is 6.78. The van der Waals surface area contributed by atoms with Crippen LogP contribution in [0.15, 0.2) is 36.4 Å². The third-order valence-electron chi connectivity index (χ3n) is 2.50. The third-order valence-corrected chi connectivity index (χ3v) is 3.73. The van der Waals surface area contributed by atoms with E-state index in [4.69, 9.17) is 16.3 Å². The van der Waals surface area contributed by atoms with Gasteiger partial charge < -0.3 is 10.1 Å². The summed E-state index contributed by atoms with van der Waals surface area (Å²) in [5.74, 6) is 0.918. The first-order valence-electron chi connectivity index (χ1n) is 5.88. The van der Waals surface area contributed by atoms with Crippen molar-refractivity contribution in [2.45, 2.75) is 13.5 Å². The first-order chi connectivity index (χ1) is 8.74. The molecular weight excluding hydrogens is 266 g/mol. The van der Waals surface area contributed by atoms with Crippen molar-refractivity contribution < 1.29 is 4.74 Å². The molecule has 0 aliphatic carbocycles. The van der Waals surface area contributed by atoms with Crippen LogP contribution in [-0.4, -0.2) is 13.2 Å². The fraction of sp³-hybridized carbons (Fsp3) is 0.286. The van der Waals surface area contributed by atoms with E-state index < -0.39 is 0 Å². The van der Waals surface area contributed by atoms with E-state index >= 15 is 0 Å². The molecule has 0 atom stereocenters. The molecule has 2 rings (SSSR count). The van der Waals surface area contributed by atoms with Crippen molar-refractivity contribution in [2.75, 3.05) is 13.2 Å². The van der Waals surface area contributed by atoms with E-state index in [1.165, 1.54) is 10.4 Å². The summed E-state index contributed by atoms with van der Waals surface area (Å²) in [6.07, 6.45) is 0. The summed E-state index contributed by atoms with van der Waals surface area (Å²) < 4.78 is 6.45. The fourth-order valence-electron chi connectivity index (χ4n) is 1.53. The van der Waals surface area contributed by atoms with E-state index in [-0.39, 0.29) is 0 Å². The smallest absolute Gasteiger partial charge is 0.119 e. The van der Waals surface area contributed by atoms with Crippen molar-refractivity contribution in [1.82, 2.24) is 5.32 Å². The largest absolute Gasteiger partial charge is 0.492 e. The molecule has 0 radical (unpaired) electrons. The minimum atomic E-state index is 0.669. The van der Waals surface area contributed by atoms with Crippen LogP contribution in [0.4, 0.5) is 0 Å². The number of halogens is 1. The maximum Gasteiger partial charge on any atom is 0.119 e. The summed E-state index contributed by atoms with van der Waals surface area (Å²) in [5.41, 5.74) is 1.25. The van der Waals surface area contributed by atoms with Crippen molar-refractivity contribution in [3.8, 4) is 5.75 Å². The lowest BCUT2D eigenvalue weighted by molar-refractivity contribution is 0.314. The number of hydrogen-bond acceptors (Lipinski definition) is 3. The van der Waals surface area contributed by atoms with Gasteiger partial charge in [-0.2, -0.15) is 0 Å². The summed E-state index contributed by atoms with van der Waals surface area (Å²) >= 11 is 7.47. The van der Waals surface area contributed by atoms with Crippen LogP contribution in [0.2, 0.25) is 4.34 Å². The van der Waals surface area contributed by atoms with Crippen LogP contribution in [0.5, 0.6) is 5.75 Å². The molecule has 0 saturated carbocycles. The molecule has 0 unspecified atom stereocenters. The molecule has 0 fully saturated rings. The van der Waals surface area contributed by atoms with Crippen LogP contribution in [0.1, 0.15) is 10.4 Å². The van der Waals surface area contributed by atoms with Gasteiger partial charge in [0.15, 0.2) is 0 Å². The Hall–Kier alpha value is -1.03. The van der Waals surface area contributed by atoms with Crippen LogP contribution >= 0.6 is 22.9 Å². The van der Waals surface area contributed by atoms with Crippen molar-refractivity contribution >= 4 is 22.9 Å². The lowest BCUT2D eigenvalue weighted by Gasteiger charge is -2.07. The van der Waals surface area contributed by atoms with Gasteiger partial charge in [0.1, 0.15) is 12.4 Å². The molecule has 0 amide bonds. The van der Waals surface area contributed by atoms with Crippen LogP contribution in [-0.2, 0) is 6.54 Å². The lowest BCUT2D eigenvalue weighted by atomic mass is 10.2. The van der Waals surface area contributed by atoms with Gasteiger partial charge in [0.25, 0.3) is 0 Å². The molecule has 1 N–H and O–H groups in total.